The van der Waals surface area contributed by atoms with Crippen LogP contribution in [0, 0.1) is 5.95 Å². The van der Waals surface area contributed by atoms with Crippen molar-refractivity contribution >= 4 is 17.2 Å². The summed E-state index contributed by atoms with van der Waals surface area (Å²) < 4.78 is 54.9. The Morgan fingerprint density at radius 2 is 1.71 bits per heavy atom. The summed E-state index contributed by atoms with van der Waals surface area (Å²) >= 11 is 6.00. The zero-order valence-electron chi connectivity index (χ0n) is 17.5. The average molecular weight is 501 g/mol. The molecule has 5 rings (SSSR count). The lowest BCUT2D eigenvalue weighted by Crippen LogP contribution is -2.23. The van der Waals surface area contributed by atoms with Crippen molar-refractivity contribution in [2.45, 2.75) is 12.7 Å². The van der Waals surface area contributed by atoms with E-state index in [2.05, 4.69) is 20.2 Å². The molecule has 176 valence electrons. The highest BCUT2D eigenvalue weighted by Crippen LogP contribution is 2.32. The third-order valence-corrected chi connectivity index (χ3v) is 5.44. The van der Waals surface area contributed by atoms with Gasteiger partial charge in [-0.15, -0.1) is 5.10 Å². The fraction of sp³-hybridized carbons (Fsp3) is 0.0870. The zero-order valence-corrected chi connectivity index (χ0v) is 18.3. The molecule has 0 aliphatic rings. The highest BCUT2D eigenvalue weighted by atomic mass is 35.5. The summed E-state index contributed by atoms with van der Waals surface area (Å²) in [4.78, 5) is 20.1. The Labute approximate surface area is 199 Å². The van der Waals surface area contributed by atoms with Gasteiger partial charge in [0, 0.05) is 23.0 Å². The normalized spacial score (nSPS) is 11.8. The Morgan fingerprint density at radius 3 is 2.37 bits per heavy atom. The van der Waals surface area contributed by atoms with Crippen molar-refractivity contribution in [1.82, 2.24) is 29.4 Å². The van der Waals surface area contributed by atoms with Gasteiger partial charge in [0.15, 0.2) is 5.65 Å². The van der Waals surface area contributed by atoms with Gasteiger partial charge in [0.1, 0.15) is 11.4 Å². The summed E-state index contributed by atoms with van der Waals surface area (Å²) in [6.45, 7) is -0.139. The van der Waals surface area contributed by atoms with E-state index in [1.54, 1.807) is 36.4 Å². The number of hydrogen-bond donors (Lipinski definition) is 0. The summed E-state index contributed by atoms with van der Waals surface area (Å²) in [5.74, 6) is -0.772. The maximum Gasteiger partial charge on any atom is 0.433 e. The van der Waals surface area contributed by atoms with Gasteiger partial charge in [-0.3, -0.25) is 4.98 Å². The second kappa shape index (κ2) is 8.58. The molecule has 12 heteroatoms. The Morgan fingerprint density at radius 1 is 0.943 bits per heavy atom. The van der Waals surface area contributed by atoms with Crippen LogP contribution in [0.3, 0.4) is 0 Å². The highest BCUT2D eigenvalue weighted by molar-refractivity contribution is 6.30. The molecule has 0 spiro atoms. The number of hydrogen-bond acceptors (Lipinski definition) is 5. The first-order chi connectivity index (χ1) is 16.7. The zero-order chi connectivity index (χ0) is 24.7. The predicted molar refractivity (Wildman–Crippen MR) is 119 cm³/mol. The number of alkyl halides is 3. The lowest BCUT2D eigenvalue weighted by atomic mass is 10.0. The Kier molecular flexibility index (Phi) is 5.56. The lowest BCUT2D eigenvalue weighted by Gasteiger charge is -2.10. The maximum absolute atomic E-state index is 14.6. The molecule has 0 fully saturated rings. The second-order valence-electron chi connectivity index (χ2n) is 7.51. The fourth-order valence-corrected chi connectivity index (χ4v) is 3.65. The van der Waals surface area contributed by atoms with Crippen molar-refractivity contribution in [3.8, 4) is 22.4 Å². The van der Waals surface area contributed by atoms with Crippen LogP contribution in [-0.2, 0) is 12.7 Å². The van der Waals surface area contributed by atoms with Crippen LogP contribution in [0.1, 0.15) is 11.3 Å². The first-order valence-electron chi connectivity index (χ1n) is 10.1. The molecule has 4 aromatic heterocycles. The van der Waals surface area contributed by atoms with E-state index in [0.29, 0.717) is 21.7 Å². The van der Waals surface area contributed by atoms with Crippen molar-refractivity contribution in [3.63, 3.8) is 0 Å². The Balaban J connectivity index is 1.63. The van der Waals surface area contributed by atoms with Crippen molar-refractivity contribution in [2.24, 2.45) is 0 Å². The van der Waals surface area contributed by atoms with Gasteiger partial charge in [0.25, 0.3) is 0 Å². The smallest absolute Gasteiger partial charge is 0.251 e. The van der Waals surface area contributed by atoms with E-state index < -0.39 is 23.5 Å². The van der Waals surface area contributed by atoms with Gasteiger partial charge >= 0.3 is 11.9 Å². The van der Waals surface area contributed by atoms with Crippen LogP contribution in [0.4, 0.5) is 17.6 Å². The largest absolute Gasteiger partial charge is 0.433 e. The van der Waals surface area contributed by atoms with Crippen LogP contribution >= 0.6 is 11.6 Å². The molecule has 5 aromatic rings. The van der Waals surface area contributed by atoms with E-state index in [4.69, 9.17) is 11.6 Å². The average Bonchev–Trinajstić information content (AvgIpc) is 3.13. The lowest BCUT2D eigenvalue weighted by molar-refractivity contribution is -0.141. The van der Waals surface area contributed by atoms with Crippen molar-refractivity contribution < 1.29 is 17.6 Å². The molecule has 0 N–H and O–H groups in total. The molecule has 1 aromatic carbocycles. The topological polar surface area (TPSA) is 78.0 Å². The quantitative estimate of drug-likeness (QED) is 0.260. The van der Waals surface area contributed by atoms with E-state index >= 15 is 0 Å². The number of rotatable bonds is 4. The molecule has 0 aliphatic heterocycles. The van der Waals surface area contributed by atoms with Crippen LogP contribution in [0.5, 0.6) is 0 Å². The van der Waals surface area contributed by atoms with Crippen LogP contribution < -0.4 is 5.69 Å². The minimum atomic E-state index is -4.57. The number of aromatic nitrogens is 6. The second-order valence-corrected chi connectivity index (χ2v) is 7.95. The predicted octanol–water partition coefficient (Wildman–Crippen LogP) is 4.87. The Hall–Kier alpha value is -4.12. The monoisotopic (exact) mass is 500 g/mol. The maximum atomic E-state index is 14.6. The highest BCUT2D eigenvalue weighted by Gasteiger charge is 2.32. The first kappa shape index (κ1) is 22.7. The van der Waals surface area contributed by atoms with Crippen LogP contribution in [0.15, 0.2) is 71.8 Å². The molecule has 0 unspecified atom stereocenters. The molecule has 0 bridgehead atoms. The molecule has 7 nitrogen and oxygen atoms in total. The van der Waals surface area contributed by atoms with Crippen molar-refractivity contribution in [2.75, 3.05) is 0 Å². The Bertz CT molecular complexity index is 1590. The molecule has 35 heavy (non-hydrogen) atoms. The van der Waals surface area contributed by atoms with Gasteiger partial charge in [-0.1, -0.05) is 29.8 Å². The minimum absolute atomic E-state index is 0.0749. The van der Waals surface area contributed by atoms with E-state index in [0.717, 1.165) is 21.5 Å². The van der Waals surface area contributed by atoms with Crippen molar-refractivity contribution in [3.05, 3.63) is 99.7 Å². The first-order valence-corrected chi connectivity index (χ1v) is 10.5. The van der Waals surface area contributed by atoms with Gasteiger partial charge in [0.05, 0.1) is 12.1 Å². The van der Waals surface area contributed by atoms with Crippen LogP contribution in [0.25, 0.3) is 28.0 Å². The van der Waals surface area contributed by atoms with Gasteiger partial charge < -0.3 is 0 Å². The molecule has 0 aliphatic carbocycles. The standard InChI is InChI=1S/C23H13ClF4N6O/c24-15-6-4-14(5-7-15)17-10-19-31-33(12-13-3-8-18(30-11-13)23(26,27)28)22(35)34(19)32-20(17)16-2-1-9-29-21(16)25/h1-11H,12H2. The SMILES string of the molecule is O=c1n(Cc2ccc(C(F)(F)F)nc2)nc2cc(-c3ccc(Cl)cc3)c(-c3cccnc3F)nn12. The molecule has 0 radical (unpaired) electrons. The van der Waals surface area contributed by atoms with Gasteiger partial charge in [-0.05, 0) is 47.5 Å². The number of benzene rings is 1. The summed E-state index contributed by atoms with van der Waals surface area (Å²) in [7, 11) is 0. The van der Waals surface area contributed by atoms with Crippen LogP contribution in [0.2, 0.25) is 5.02 Å². The van der Waals surface area contributed by atoms with Gasteiger partial charge in [-0.25, -0.2) is 14.5 Å². The minimum Gasteiger partial charge on any atom is -0.251 e. The number of nitrogens with zero attached hydrogens (tertiary/aromatic N) is 6. The third kappa shape index (κ3) is 4.37. The molecule has 0 saturated carbocycles. The summed E-state index contributed by atoms with van der Waals surface area (Å²) in [6, 6.07) is 13.4. The molecule has 4 heterocycles. The molecular weight excluding hydrogens is 488 g/mol. The molecule has 0 saturated heterocycles. The summed E-state index contributed by atoms with van der Waals surface area (Å²) in [6.07, 6.45) is -2.25. The molecular formula is C23H13ClF4N6O. The number of pyridine rings is 2. The number of halogens is 5. The van der Waals surface area contributed by atoms with E-state index in [-0.39, 0.29) is 23.4 Å². The summed E-state index contributed by atoms with van der Waals surface area (Å²) in [5, 5.41) is 9.12. The van der Waals surface area contributed by atoms with E-state index in [9.17, 15) is 22.4 Å². The van der Waals surface area contributed by atoms with Crippen molar-refractivity contribution in [1.29, 1.82) is 0 Å². The van der Waals surface area contributed by atoms with Gasteiger partial charge in [-0.2, -0.15) is 27.2 Å². The van der Waals surface area contributed by atoms with E-state index in [1.807, 2.05) is 0 Å². The molecule has 0 atom stereocenters. The molecule has 0 amide bonds. The van der Waals surface area contributed by atoms with E-state index in [1.165, 1.54) is 18.3 Å². The van der Waals surface area contributed by atoms with Gasteiger partial charge in [0.2, 0.25) is 5.95 Å². The third-order valence-electron chi connectivity index (χ3n) is 5.19. The number of fused-ring (bicyclic) bond motifs is 1. The summed E-state index contributed by atoms with van der Waals surface area (Å²) in [5.41, 5.74) is 0.155. The fourth-order valence-electron chi connectivity index (χ4n) is 3.52. The van der Waals surface area contributed by atoms with Crippen LogP contribution in [-0.4, -0.2) is 29.4 Å².